The smallest absolute Gasteiger partial charge is 0.268 e. The number of amides is 2. The van der Waals surface area contributed by atoms with E-state index in [0.29, 0.717) is 30.9 Å². The lowest BCUT2D eigenvalue weighted by atomic mass is 10.1. The van der Waals surface area contributed by atoms with Crippen LogP contribution in [-0.4, -0.2) is 41.5 Å². The van der Waals surface area contributed by atoms with Crippen molar-refractivity contribution in [2.75, 3.05) is 18.6 Å². The standard InChI is InChI=1S/C27H29N3O4/c1-4-24-27(32)30(23-13-19(2)10-11-25(23)34-24)18-26(31)29(17-21-8-6-12-28-15-21)16-20-7-5-9-22(14-20)33-3/h5-15,24H,4,16-18H2,1-3H3. The van der Waals surface area contributed by atoms with Gasteiger partial charge in [-0.25, -0.2) is 0 Å². The van der Waals surface area contributed by atoms with Gasteiger partial charge in [0.1, 0.15) is 18.0 Å². The maximum Gasteiger partial charge on any atom is 0.268 e. The second-order valence-corrected chi connectivity index (χ2v) is 8.37. The summed E-state index contributed by atoms with van der Waals surface area (Å²) < 4.78 is 11.2. The number of aryl methyl sites for hydroxylation is 1. The van der Waals surface area contributed by atoms with E-state index in [0.717, 1.165) is 22.4 Å². The molecule has 0 N–H and O–H groups in total. The Kier molecular flexibility index (Phi) is 7.11. The number of aromatic nitrogens is 1. The third-order valence-electron chi connectivity index (χ3n) is 5.84. The molecule has 4 rings (SSSR count). The molecule has 7 heteroatoms. The Hall–Kier alpha value is -3.87. The average Bonchev–Trinajstić information content (AvgIpc) is 2.86. The van der Waals surface area contributed by atoms with Gasteiger partial charge in [0, 0.05) is 25.5 Å². The molecule has 34 heavy (non-hydrogen) atoms. The molecule has 1 unspecified atom stereocenters. The summed E-state index contributed by atoms with van der Waals surface area (Å²) in [6, 6.07) is 17.1. The minimum absolute atomic E-state index is 0.0701. The Morgan fingerprint density at radius 2 is 1.91 bits per heavy atom. The molecule has 0 aliphatic carbocycles. The topological polar surface area (TPSA) is 72.0 Å². The van der Waals surface area contributed by atoms with Crippen LogP contribution >= 0.6 is 0 Å². The van der Waals surface area contributed by atoms with Gasteiger partial charge in [0.05, 0.1) is 12.8 Å². The van der Waals surface area contributed by atoms with Gasteiger partial charge in [0.2, 0.25) is 5.91 Å². The lowest BCUT2D eigenvalue weighted by Gasteiger charge is -2.35. The second kappa shape index (κ2) is 10.4. The van der Waals surface area contributed by atoms with E-state index >= 15 is 0 Å². The number of rotatable bonds is 8. The number of carbonyl (C=O) groups is 2. The van der Waals surface area contributed by atoms with Gasteiger partial charge in [-0.05, 0) is 60.4 Å². The normalized spacial score (nSPS) is 14.9. The molecule has 1 aliphatic heterocycles. The molecule has 2 amide bonds. The number of ether oxygens (including phenoxy) is 2. The van der Waals surface area contributed by atoms with E-state index in [2.05, 4.69) is 4.98 Å². The van der Waals surface area contributed by atoms with E-state index in [1.165, 1.54) is 0 Å². The Morgan fingerprint density at radius 3 is 2.65 bits per heavy atom. The number of methoxy groups -OCH3 is 1. The van der Waals surface area contributed by atoms with Crippen LogP contribution < -0.4 is 14.4 Å². The molecule has 3 aromatic rings. The van der Waals surface area contributed by atoms with E-state index in [1.807, 2.05) is 68.4 Å². The first-order valence-corrected chi connectivity index (χ1v) is 11.4. The van der Waals surface area contributed by atoms with Gasteiger partial charge in [0.25, 0.3) is 5.91 Å². The van der Waals surface area contributed by atoms with Crippen LogP contribution in [0, 0.1) is 6.92 Å². The number of fused-ring (bicyclic) bond motifs is 1. The summed E-state index contributed by atoms with van der Waals surface area (Å²) in [6.07, 6.45) is 3.37. The highest BCUT2D eigenvalue weighted by atomic mass is 16.5. The first-order valence-electron chi connectivity index (χ1n) is 11.4. The van der Waals surface area contributed by atoms with Gasteiger partial charge in [-0.15, -0.1) is 0 Å². The molecule has 1 aromatic heterocycles. The highest BCUT2D eigenvalue weighted by molar-refractivity contribution is 6.03. The van der Waals surface area contributed by atoms with Crippen LogP contribution in [0.25, 0.3) is 0 Å². The van der Waals surface area contributed by atoms with E-state index in [-0.39, 0.29) is 18.4 Å². The zero-order valence-corrected chi connectivity index (χ0v) is 19.7. The molecular formula is C27H29N3O4. The maximum absolute atomic E-state index is 13.6. The summed E-state index contributed by atoms with van der Waals surface area (Å²) in [5.41, 5.74) is 3.47. The summed E-state index contributed by atoms with van der Waals surface area (Å²) in [4.78, 5) is 34.3. The molecule has 176 valence electrons. The van der Waals surface area contributed by atoms with Crippen molar-refractivity contribution in [3.05, 3.63) is 83.7 Å². The van der Waals surface area contributed by atoms with Crippen molar-refractivity contribution < 1.29 is 19.1 Å². The Labute approximate surface area is 199 Å². The number of pyridine rings is 1. The molecule has 2 heterocycles. The molecule has 0 bridgehead atoms. The highest BCUT2D eigenvalue weighted by Crippen LogP contribution is 2.35. The van der Waals surface area contributed by atoms with Crippen LogP contribution in [0.5, 0.6) is 11.5 Å². The summed E-state index contributed by atoms with van der Waals surface area (Å²) in [6.45, 7) is 4.54. The second-order valence-electron chi connectivity index (χ2n) is 8.37. The maximum atomic E-state index is 13.6. The number of hydrogen-bond donors (Lipinski definition) is 0. The molecule has 0 spiro atoms. The molecule has 0 saturated heterocycles. The predicted molar refractivity (Wildman–Crippen MR) is 130 cm³/mol. The molecule has 0 fully saturated rings. The largest absolute Gasteiger partial charge is 0.497 e. The fourth-order valence-electron chi connectivity index (χ4n) is 4.03. The molecule has 1 atom stereocenters. The minimum Gasteiger partial charge on any atom is -0.497 e. The van der Waals surface area contributed by atoms with Crippen molar-refractivity contribution in [3.63, 3.8) is 0 Å². The van der Waals surface area contributed by atoms with E-state index in [4.69, 9.17) is 9.47 Å². The highest BCUT2D eigenvalue weighted by Gasteiger charge is 2.35. The third-order valence-corrected chi connectivity index (χ3v) is 5.84. The first-order chi connectivity index (χ1) is 16.5. The summed E-state index contributed by atoms with van der Waals surface area (Å²) in [5.74, 6) is 0.988. The fourth-order valence-corrected chi connectivity index (χ4v) is 4.03. The fraction of sp³-hybridized carbons (Fsp3) is 0.296. The number of nitrogens with zero attached hydrogens (tertiary/aromatic N) is 3. The lowest BCUT2D eigenvalue weighted by Crippen LogP contribution is -2.50. The van der Waals surface area contributed by atoms with Crippen molar-refractivity contribution >= 4 is 17.5 Å². The van der Waals surface area contributed by atoms with Crippen molar-refractivity contribution in [1.82, 2.24) is 9.88 Å². The molecule has 7 nitrogen and oxygen atoms in total. The predicted octanol–water partition coefficient (Wildman–Crippen LogP) is 4.13. The summed E-state index contributed by atoms with van der Waals surface area (Å²) >= 11 is 0. The van der Waals surface area contributed by atoms with Crippen molar-refractivity contribution in [2.24, 2.45) is 0 Å². The first kappa shape index (κ1) is 23.3. The van der Waals surface area contributed by atoms with Crippen LogP contribution in [-0.2, 0) is 22.7 Å². The number of carbonyl (C=O) groups excluding carboxylic acids is 2. The van der Waals surface area contributed by atoms with Crippen LogP contribution in [0.2, 0.25) is 0 Å². The van der Waals surface area contributed by atoms with Gasteiger partial charge < -0.3 is 14.4 Å². The lowest BCUT2D eigenvalue weighted by molar-refractivity contribution is -0.134. The number of benzene rings is 2. The van der Waals surface area contributed by atoms with E-state index < -0.39 is 6.10 Å². The number of anilines is 1. The van der Waals surface area contributed by atoms with Crippen LogP contribution in [0.1, 0.15) is 30.0 Å². The summed E-state index contributed by atoms with van der Waals surface area (Å²) in [5, 5.41) is 0. The van der Waals surface area contributed by atoms with Gasteiger partial charge >= 0.3 is 0 Å². The van der Waals surface area contributed by atoms with E-state index in [9.17, 15) is 9.59 Å². The Morgan fingerprint density at radius 1 is 1.12 bits per heavy atom. The SMILES string of the molecule is CCC1Oc2ccc(C)cc2N(CC(=O)N(Cc2cccnc2)Cc2cccc(OC)c2)C1=O. The molecular weight excluding hydrogens is 430 g/mol. The van der Waals surface area contributed by atoms with Crippen molar-refractivity contribution in [2.45, 2.75) is 39.5 Å². The van der Waals surface area contributed by atoms with Crippen molar-refractivity contribution in [1.29, 1.82) is 0 Å². The number of hydrogen-bond acceptors (Lipinski definition) is 5. The Bertz CT molecular complexity index is 1170. The van der Waals surface area contributed by atoms with Gasteiger partial charge in [-0.2, -0.15) is 0 Å². The van der Waals surface area contributed by atoms with Crippen LogP contribution in [0.3, 0.4) is 0 Å². The van der Waals surface area contributed by atoms with Crippen LogP contribution in [0.15, 0.2) is 67.0 Å². The quantitative estimate of drug-likeness (QED) is 0.507. The Balaban J connectivity index is 1.63. The molecule has 1 aliphatic rings. The van der Waals surface area contributed by atoms with Crippen molar-refractivity contribution in [3.8, 4) is 11.5 Å². The summed E-state index contributed by atoms with van der Waals surface area (Å²) in [7, 11) is 1.62. The zero-order valence-electron chi connectivity index (χ0n) is 19.7. The third kappa shape index (κ3) is 5.20. The van der Waals surface area contributed by atoms with Gasteiger partial charge in [-0.3, -0.25) is 19.5 Å². The molecule has 0 saturated carbocycles. The van der Waals surface area contributed by atoms with Crippen LogP contribution in [0.4, 0.5) is 5.69 Å². The average molecular weight is 460 g/mol. The van der Waals surface area contributed by atoms with E-state index in [1.54, 1.807) is 29.3 Å². The van der Waals surface area contributed by atoms with Gasteiger partial charge in [-0.1, -0.05) is 31.2 Å². The molecule has 0 radical (unpaired) electrons. The van der Waals surface area contributed by atoms with Gasteiger partial charge in [0.15, 0.2) is 6.10 Å². The monoisotopic (exact) mass is 459 g/mol. The molecule has 2 aromatic carbocycles. The minimum atomic E-state index is -0.604. The zero-order chi connectivity index (χ0) is 24.1.